The van der Waals surface area contributed by atoms with Crippen LogP contribution in [0.1, 0.15) is 29.7 Å². The van der Waals surface area contributed by atoms with Gasteiger partial charge in [-0.25, -0.2) is 0 Å². The van der Waals surface area contributed by atoms with Crippen molar-refractivity contribution in [1.29, 1.82) is 0 Å². The number of anilines is 1. The van der Waals surface area contributed by atoms with Crippen LogP contribution in [-0.2, 0) is 15.8 Å². The number of rotatable bonds is 5. The average molecular weight is 541 g/mol. The van der Waals surface area contributed by atoms with Gasteiger partial charge in [0.15, 0.2) is 11.5 Å². The van der Waals surface area contributed by atoms with Gasteiger partial charge in [-0.2, -0.15) is 13.2 Å². The molecule has 2 amide bonds. The van der Waals surface area contributed by atoms with Crippen LogP contribution < -0.4 is 19.7 Å². The topological polar surface area (TPSA) is 67.9 Å². The van der Waals surface area contributed by atoms with Crippen LogP contribution >= 0.6 is 11.8 Å². The molecule has 0 fully saturated rings. The van der Waals surface area contributed by atoms with E-state index in [1.54, 1.807) is 18.2 Å². The van der Waals surface area contributed by atoms with E-state index >= 15 is 0 Å². The van der Waals surface area contributed by atoms with E-state index < -0.39 is 17.6 Å². The molecule has 2 aliphatic rings. The molecule has 1 N–H and O–H groups in total. The molecular weight excluding hydrogens is 517 g/mol. The fourth-order valence-electron chi connectivity index (χ4n) is 4.18. The number of amides is 2. The van der Waals surface area contributed by atoms with Gasteiger partial charge in [0.25, 0.3) is 5.91 Å². The Kier molecular flexibility index (Phi) is 7.07. The normalized spacial score (nSPS) is 16.7. The first-order valence-corrected chi connectivity index (χ1v) is 12.7. The van der Waals surface area contributed by atoms with Crippen molar-refractivity contribution in [3.63, 3.8) is 0 Å². The van der Waals surface area contributed by atoms with E-state index in [0.29, 0.717) is 40.9 Å². The molecule has 1 atom stereocenters. The Balaban J connectivity index is 1.34. The van der Waals surface area contributed by atoms with Crippen LogP contribution in [0.15, 0.2) is 76.5 Å². The first-order valence-electron chi connectivity index (χ1n) is 11.9. The lowest BCUT2D eigenvalue weighted by atomic mass is 10.1. The zero-order valence-electron chi connectivity index (χ0n) is 20.2. The molecule has 5 rings (SSSR count). The SMILES string of the molecule is CC(NC(=O)CN1C(=O)C(=Cc2ccc(C(F)(F)F)cc2)Sc2ccccc21)c1ccc2c(c1)OCCO2. The first kappa shape index (κ1) is 25.7. The Hall–Kier alpha value is -3.92. The molecule has 0 saturated heterocycles. The van der Waals surface area contributed by atoms with E-state index in [2.05, 4.69) is 5.32 Å². The molecule has 0 aliphatic carbocycles. The maximum atomic E-state index is 13.4. The molecular formula is C28H23F3N2O4S. The number of hydrogen-bond donors (Lipinski definition) is 1. The number of carbonyl (C=O) groups is 2. The van der Waals surface area contributed by atoms with Crippen LogP contribution in [0.25, 0.3) is 6.08 Å². The lowest BCUT2D eigenvalue weighted by Gasteiger charge is -2.30. The second kappa shape index (κ2) is 10.4. The highest BCUT2D eigenvalue weighted by Gasteiger charge is 2.32. The molecule has 2 heterocycles. The Bertz CT molecular complexity index is 1410. The quantitative estimate of drug-likeness (QED) is 0.413. The van der Waals surface area contributed by atoms with Gasteiger partial charge in [-0.15, -0.1) is 0 Å². The van der Waals surface area contributed by atoms with Crippen molar-refractivity contribution >= 4 is 35.3 Å². The van der Waals surface area contributed by atoms with Gasteiger partial charge in [0, 0.05) is 4.90 Å². The van der Waals surface area contributed by atoms with E-state index in [-0.39, 0.29) is 18.5 Å². The third kappa shape index (κ3) is 5.50. The molecule has 3 aromatic carbocycles. The number of benzene rings is 3. The number of carbonyl (C=O) groups excluding carboxylic acids is 2. The molecule has 0 radical (unpaired) electrons. The Morgan fingerprint density at radius 1 is 1.05 bits per heavy atom. The van der Waals surface area contributed by atoms with Gasteiger partial charge in [-0.3, -0.25) is 14.5 Å². The molecule has 10 heteroatoms. The number of nitrogens with zero attached hydrogens (tertiary/aromatic N) is 1. The molecule has 0 aromatic heterocycles. The first-order chi connectivity index (χ1) is 18.2. The lowest BCUT2D eigenvalue weighted by Crippen LogP contribution is -2.43. The average Bonchev–Trinajstić information content (AvgIpc) is 2.90. The number of para-hydroxylation sites is 1. The fraction of sp³-hybridized carbons (Fsp3) is 0.214. The molecule has 1 unspecified atom stereocenters. The lowest BCUT2D eigenvalue weighted by molar-refractivity contribution is -0.137. The summed E-state index contributed by atoms with van der Waals surface area (Å²) in [4.78, 5) is 28.9. The summed E-state index contributed by atoms with van der Waals surface area (Å²) >= 11 is 1.21. The summed E-state index contributed by atoms with van der Waals surface area (Å²) in [7, 11) is 0. The van der Waals surface area contributed by atoms with Crippen LogP contribution in [0.2, 0.25) is 0 Å². The minimum atomic E-state index is -4.44. The maximum absolute atomic E-state index is 13.4. The van der Waals surface area contributed by atoms with Crippen LogP contribution in [-0.4, -0.2) is 31.6 Å². The summed E-state index contributed by atoms with van der Waals surface area (Å²) in [6.07, 6.45) is -2.91. The third-order valence-corrected chi connectivity index (χ3v) is 7.19. The van der Waals surface area contributed by atoms with Gasteiger partial charge in [-0.05, 0) is 60.5 Å². The Morgan fingerprint density at radius 3 is 2.50 bits per heavy atom. The summed E-state index contributed by atoms with van der Waals surface area (Å²) in [5, 5.41) is 2.92. The van der Waals surface area contributed by atoms with Crippen molar-refractivity contribution in [2.45, 2.75) is 24.0 Å². The second-order valence-electron chi connectivity index (χ2n) is 8.78. The second-order valence-corrected chi connectivity index (χ2v) is 9.87. The van der Waals surface area contributed by atoms with E-state index in [0.717, 1.165) is 22.6 Å². The van der Waals surface area contributed by atoms with Crippen molar-refractivity contribution in [2.75, 3.05) is 24.7 Å². The zero-order chi connectivity index (χ0) is 26.9. The number of fused-ring (bicyclic) bond motifs is 2. The highest BCUT2D eigenvalue weighted by molar-refractivity contribution is 8.04. The number of halogens is 3. The minimum Gasteiger partial charge on any atom is -0.486 e. The predicted molar refractivity (Wildman–Crippen MR) is 138 cm³/mol. The van der Waals surface area contributed by atoms with Gasteiger partial charge < -0.3 is 14.8 Å². The zero-order valence-corrected chi connectivity index (χ0v) is 21.1. The summed E-state index contributed by atoms with van der Waals surface area (Å²) in [5.74, 6) is 0.496. The molecule has 0 saturated carbocycles. The van der Waals surface area contributed by atoms with E-state index in [1.807, 2.05) is 31.2 Å². The molecule has 38 heavy (non-hydrogen) atoms. The molecule has 3 aromatic rings. The number of ether oxygens (including phenoxy) is 2. The molecule has 0 spiro atoms. The van der Waals surface area contributed by atoms with E-state index in [1.165, 1.54) is 34.9 Å². The van der Waals surface area contributed by atoms with Crippen molar-refractivity contribution < 1.29 is 32.2 Å². The number of nitrogens with one attached hydrogen (secondary N) is 1. The van der Waals surface area contributed by atoms with Gasteiger partial charge in [0.2, 0.25) is 5.91 Å². The van der Waals surface area contributed by atoms with Gasteiger partial charge in [0.1, 0.15) is 19.8 Å². The third-order valence-electron chi connectivity index (χ3n) is 6.11. The number of thioether (sulfide) groups is 1. The number of alkyl halides is 3. The molecule has 0 bridgehead atoms. The van der Waals surface area contributed by atoms with Gasteiger partial charge >= 0.3 is 6.18 Å². The summed E-state index contributed by atoms with van der Waals surface area (Å²) in [6.45, 7) is 2.54. The van der Waals surface area contributed by atoms with Gasteiger partial charge in [0.05, 0.1) is 22.2 Å². The standard InChI is InChI=1S/C28H23F3N2O4S/c1-17(19-8-11-22-23(15-19)37-13-12-36-22)32-26(34)16-33-21-4-2-3-5-24(21)38-25(27(33)35)14-18-6-9-20(10-7-18)28(29,30)31/h2-11,14-15,17H,12-13,16H2,1H3,(H,32,34). The Labute approximate surface area is 221 Å². The fourth-order valence-corrected chi connectivity index (χ4v) is 5.24. The summed E-state index contributed by atoms with van der Waals surface area (Å²) in [6, 6.07) is 16.9. The van der Waals surface area contributed by atoms with Crippen LogP contribution in [0.4, 0.5) is 18.9 Å². The van der Waals surface area contributed by atoms with Crippen LogP contribution in [0.5, 0.6) is 11.5 Å². The summed E-state index contributed by atoms with van der Waals surface area (Å²) in [5.41, 5.74) is 1.10. The molecule has 2 aliphatic heterocycles. The monoisotopic (exact) mass is 540 g/mol. The maximum Gasteiger partial charge on any atom is 0.416 e. The van der Waals surface area contributed by atoms with Crippen molar-refractivity contribution in [3.05, 3.63) is 88.3 Å². The Morgan fingerprint density at radius 2 is 1.76 bits per heavy atom. The smallest absolute Gasteiger partial charge is 0.416 e. The van der Waals surface area contributed by atoms with Crippen molar-refractivity contribution in [1.82, 2.24) is 5.32 Å². The summed E-state index contributed by atoms with van der Waals surface area (Å²) < 4.78 is 49.9. The predicted octanol–water partition coefficient (Wildman–Crippen LogP) is 5.83. The molecule has 196 valence electrons. The highest BCUT2D eigenvalue weighted by atomic mass is 32.2. The van der Waals surface area contributed by atoms with Gasteiger partial charge in [-0.1, -0.05) is 42.1 Å². The minimum absolute atomic E-state index is 0.227. The van der Waals surface area contributed by atoms with E-state index in [9.17, 15) is 22.8 Å². The van der Waals surface area contributed by atoms with Crippen molar-refractivity contribution in [3.8, 4) is 11.5 Å². The largest absolute Gasteiger partial charge is 0.486 e. The van der Waals surface area contributed by atoms with E-state index in [4.69, 9.17) is 9.47 Å². The highest BCUT2D eigenvalue weighted by Crippen LogP contribution is 2.42. The molecule has 6 nitrogen and oxygen atoms in total. The van der Waals surface area contributed by atoms with Crippen LogP contribution in [0, 0.1) is 0 Å². The number of hydrogen-bond acceptors (Lipinski definition) is 5. The van der Waals surface area contributed by atoms with Crippen LogP contribution in [0.3, 0.4) is 0 Å². The van der Waals surface area contributed by atoms with Crippen molar-refractivity contribution in [2.24, 2.45) is 0 Å².